The predicted molar refractivity (Wildman–Crippen MR) is 226 cm³/mol. The Morgan fingerprint density at radius 3 is 2.13 bits per heavy atom. The molecule has 0 amide bonds. The molecule has 0 bridgehead atoms. The molecule has 3 heterocycles. The standard InChI is InChI=1S/C46H57FN6O2/c1-3-4-5-6-7-8-9-10-11-12-13-14-15-16-17-18-19-20-21-26-43(54)53-44(55)31-34-48-45(53)50(2)40-32-35-51(36-33-40)46-49-41-24-22-23-25-42(41)52(46)37-38-27-29-39(47)30-28-38/h4-5,7-8,10-11,13-14,16-17,22-25,27-31,34,40H,3,6,9,12,15,18-21,26,32-33,35-37H2,1-2H3. The van der Waals surface area contributed by atoms with Crippen molar-refractivity contribution < 1.29 is 9.18 Å². The Labute approximate surface area is 326 Å². The van der Waals surface area contributed by atoms with E-state index in [-0.39, 0.29) is 23.3 Å². The topological polar surface area (TPSA) is 76.3 Å². The monoisotopic (exact) mass is 744 g/mol. The number of benzene rings is 2. The molecular formula is C46H57FN6O2. The molecule has 4 aromatic rings. The maximum atomic E-state index is 13.6. The van der Waals surface area contributed by atoms with Crippen molar-refractivity contribution >= 4 is 28.8 Å². The number of piperidine rings is 1. The Kier molecular flexibility index (Phi) is 16.5. The molecule has 1 aliphatic rings. The third-order valence-electron chi connectivity index (χ3n) is 9.99. The number of hydrogen-bond acceptors (Lipinski definition) is 6. The second-order valence-corrected chi connectivity index (χ2v) is 14.1. The van der Waals surface area contributed by atoms with Crippen molar-refractivity contribution in [2.24, 2.45) is 0 Å². The Bertz CT molecular complexity index is 2000. The number of rotatable bonds is 20. The average molecular weight is 745 g/mol. The molecule has 1 fully saturated rings. The normalized spacial score (nSPS) is 14.3. The first kappa shape index (κ1) is 40.9. The Morgan fingerprint density at radius 2 is 1.45 bits per heavy atom. The molecule has 1 saturated heterocycles. The van der Waals surface area contributed by atoms with Crippen molar-refractivity contribution in [3.8, 4) is 0 Å². The molecule has 2 aromatic carbocycles. The average Bonchev–Trinajstić information content (AvgIpc) is 3.57. The highest BCUT2D eigenvalue weighted by Crippen LogP contribution is 2.28. The van der Waals surface area contributed by atoms with Gasteiger partial charge in [0, 0.05) is 44.9 Å². The summed E-state index contributed by atoms with van der Waals surface area (Å²) < 4.78 is 17.1. The molecule has 0 spiro atoms. The van der Waals surface area contributed by atoms with E-state index in [0.29, 0.717) is 18.9 Å². The summed E-state index contributed by atoms with van der Waals surface area (Å²) in [7, 11) is 1.93. The largest absolute Gasteiger partial charge is 0.342 e. The van der Waals surface area contributed by atoms with Gasteiger partial charge in [-0.2, -0.15) is 0 Å². The quantitative estimate of drug-likeness (QED) is 0.0663. The first-order valence-corrected chi connectivity index (χ1v) is 20.0. The number of carbonyl (C=O) groups excluding carboxylic acids is 1. The van der Waals surface area contributed by atoms with E-state index >= 15 is 0 Å². The molecule has 0 saturated carbocycles. The van der Waals surface area contributed by atoms with E-state index in [1.807, 2.05) is 42.3 Å². The van der Waals surface area contributed by atoms with Gasteiger partial charge in [-0.15, -0.1) is 0 Å². The number of allylic oxidation sites excluding steroid dienone is 10. The van der Waals surface area contributed by atoms with Crippen LogP contribution in [0.2, 0.25) is 0 Å². The van der Waals surface area contributed by atoms with Gasteiger partial charge in [0.2, 0.25) is 17.8 Å². The van der Waals surface area contributed by atoms with Gasteiger partial charge in [-0.25, -0.2) is 18.9 Å². The lowest BCUT2D eigenvalue weighted by atomic mass is 10.0. The number of anilines is 2. The first-order chi connectivity index (χ1) is 27.0. The highest BCUT2D eigenvalue weighted by Gasteiger charge is 2.28. The fourth-order valence-electron chi connectivity index (χ4n) is 6.93. The molecule has 8 nitrogen and oxygen atoms in total. The van der Waals surface area contributed by atoms with Gasteiger partial charge >= 0.3 is 0 Å². The number of halogens is 1. The van der Waals surface area contributed by atoms with E-state index < -0.39 is 0 Å². The summed E-state index contributed by atoms with van der Waals surface area (Å²) >= 11 is 0. The van der Waals surface area contributed by atoms with Crippen LogP contribution >= 0.6 is 0 Å². The molecule has 5 rings (SSSR count). The lowest BCUT2D eigenvalue weighted by Crippen LogP contribution is -2.46. The summed E-state index contributed by atoms with van der Waals surface area (Å²) in [6.45, 7) is 4.24. The van der Waals surface area contributed by atoms with Crippen LogP contribution in [-0.4, -0.2) is 51.2 Å². The van der Waals surface area contributed by atoms with Crippen LogP contribution in [0.15, 0.2) is 126 Å². The molecular weight excluding hydrogens is 688 g/mol. The minimum atomic E-state index is -0.340. The number of fused-ring (bicyclic) bond motifs is 1. The van der Waals surface area contributed by atoms with Gasteiger partial charge in [-0.1, -0.05) is 98.4 Å². The minimum absolute atomic E-state index is 0.1000. The summed E-state index contributed by atoms with van der Waals surface area (Å²) in [4.78, 5) is 40.2. The molecule has 0 aliphatic carbocycles. The van der Waals surface area contributed by atoms with E-state index in [9.17, 15) is 14.0 Å². The molecule has 0 unspecified atom stereocenters. The SMILES string of the molecule is CCC=CCC=CCC=CCC=CCC=CCCCCCC(=O)n1c(N(C)C2CCN(c3nc4ccccc4n3Cc3ccc(F)cc3)CC2)nccc1=O. The van der Waals surface area contributed by atoms with Crippen LogP contribution in [0, 0.1) is 5.82 Å². The molecule has 0 N–H and O–H groups in total. The van der Waals surface area contributed by atoms with E-state index in [1.165, 1.54) is 29.0 Å². The Balaban J connectivity index is 1.05. The summed E-state index contributed by atoms with van der Waals surface area (Å²) in [6, 6.07) is 16.2. The zero-order valence-electron chi connectivity index (χ0n) is 32.6. The molecule has 2 aromatic heterocycles. The number of unbranched alkanes of at least 4 members (excludes halogenated alkanes) is 3. The van der Waals surface area contributed by atoms with Crippen LogP contribution in [0.3, 0.4) is 0 Å². The van der Waals surface area contributed by atoms with Crippen LogP contribution in [0.25, 0.3) is 11.0 Å². The van der Waals surface area contributed by atoms with Gasteiger partial charge in [0.1, 0.15) is 5.82 Å². The van der Waals surface area contributed by atoms with Crippen LogP contribution in [0.4, 0.5) is 16.3 Å². The van der Waals surface area contributed by atoms with Crippen molar-refractivity contribution in [1.82, 2.24) is 19.1 Å². The van der Waals surface area contributed by atoms with Gasteiger partial charge in [-0.3, -0.25) is 9.59 Å². The first-order valence-electron chi connectivity index (χ1n) is 20.0. The third kappa shape index (κ3) is 12.4. The van der Waals surface area contributed by atoms with Crippen molar-refractivity contribution in [2.75, 3.05) is 29.9 Å². The summed E-state index contributed by atoms with van der Waals surface area (Å²) in [5.41, 5.74) is 2.62. The van der Waals surface area contributed by atoms with Crippen LogP contribution < -0.4 is 15.4 Å². The molecule has 9 heteroatoms. The van der Waals surface area contributed by atoms with Crippen molar-refractivity contribution in [3.05, 3.63) is 143 Å². The number of aromatic nitrogens is 4. The molecule has 55 heavy (non-hydrogen) atoms. The van der Waals surface area contributed by atoms with Crippen LogP contribution in [-0.2, 0) is 6.54 Å². The maximum Gasteiger partial charge on any atom is 0.261 e. The second-order valence-electron chi connectivity index (χ2n) is 14.1. The zero-order chi connectivity index (χ0) is 38.7. The number of imidazole rings is 1. The second kappa shape index (κ2) is 22.2. The van der Waals surface area contributed by atoms with E-state index in [1.54, 1.807) is 0 Å². The van der Waals surface area contributed by atoms with Gasteiger partial charge in [0.25, 0.3) is 5.56 Å². The summed E-state index contributed by atoms with van der Waals surface area (Å²) in [6.07, 6.45) is 34.0. The lowest BCUT2D eigenvalue weighted by molar-refractivity contribution is 0.0894. The van der Waals surface area contributed by atoms with Crippen LogP contribution in [0.1, 0.15) is 94.3 Å². The molecule has 0 radical (unpaired) electrons. The van der Waals surface area contributed by atoms with Crippen molar-refractivity contribution in [3.63, 3.8) is 0 Å². The van der Waals surface area contributed by atoms with Gasteiger partial charge in [0.15, 0.2) is 0 Å². The Hall–Kier alpha value is -5.31. The summed E-state index contributed by atoms with van der Waals surface area (Å²) in [5.74, 6) is 0.830. The number of hydrogen-bond donors (Lipinski definition) is 0. The van der Waals surface area contributed by atoms with Crippen LogP contribution in [0.5, 0.6) is 0 Å². The fourth-order valence-corrected chi connectivity index (χ4v) is 6.93. The van der Waals surface area contributed by atoms with Gasteiger partial charge in [-0.05, 0) is 94.0 Å². The number of carbonyl (C=O) groups is 1. The maximum absolute atomic E-state index is 13.6. The molecule has 1 aliphatic heterocycles. The highest BCUT2D eigenvalue weighted by molar-refractivity contribution is 5.81. The van der Waals surface area contributed by atoms with Crippen molar-refractivity contribution in [2.45, 2.75) is 96.6 Å². The van der Waals surface area contributed by atoms with E-state index in [0.717, 1.165) is 106 Å². The lowest BCUT2D eigenvalue weighted by Gasteiger charge is -2.38. The molecule has 0 atom stereocenters. The molecule has 290 valence electrons. The van der Waals surface area contributed by atoms with E-state index in [4.69, 9.17) is 4.98 Å². The number of para-hydroxylation sites is 2. The number of nitrogens with zero attached hydrogens (tertiary/aromatic N) is 6. The smallest absolute Gasteiger partial charge is 0.261 e. The highest BCUT2D eigenvalue weighted by atomic mass is 19.1. The predicted octanol–water partition coefficient (Wildman–Crippen LogP) is 10.2. The van der Waals surface area contributed by atoms with Crippen molar-refractivity contribution in [1.29, 1.82) is 0 Å². The van der Waals surface area contributed by atoms with E-state index in [2.05, 4.69) is 88.2 Å². The third-order valence-corrected chi connectivity index (χ3v) is 9.99. The zero-order valence-corrected chi connectivity index (χ0v) is 32.6. The Morgan fingerprint density at radius 1 is 0.818 bits per heavy atom. The minimum Gasteiger partial charge on any atom is -0.342 e. The van der Waals surface area contributed by atoms with Gasteiger partial charge in [0.05, 0.1) is 17.6 Å². The summed E-state index contributed by atoms with van der Waals surface area (Å²) in [5, 5.41) is 0. The fraction of sp³-hybridized carbons (Fsp3) is 0.391. The van der Waals surface area contributed by atoms with Gasteiger partial charge < -0.3 is 14.4 Å².